The Kier molecular flexibility index (Phi) is 6.32. The molecular formula is C11H14BrNO6S2. The first-order valence-electron chi connectivity index (χ1n) is 5.73. The molecule has 1 rings (SSSR count). The van der Waals surface area contributed by atoms with E-state index in [1.54, 1.807) is 6.92 Å². The molecule has 21 heavy (non-hydrogen) atoms. The second-order valence-electron chi connectivity index (χ2n) is 3.81. The first-order chi connectivity index (χ1) is 9.73. The Bertz CT molecular complexity index is 639. The predicted molar refractivity (Wildman–Crippen MR) is 79.8 cm³/mol. The first kappa shape index (κ1) is 18.1. The number of likely N-dealkylation sites (N-methyl/N-ethyl adjacent to an activating group) is 1. The Morgan fingerprint density at radius 3 is 2.57 bits per heavy atom. The highest BCUT2D eigenvalue weighted by molar-refractivity contribution is 9.11. The van der Waals surface area contributed by atoms with Gasteiger partial charge in [0.25, 0.3) is 0 Å². The van der Waals surface area contributed by atoms with Gasteiger partial charge in [0.05, 0.1) is 17.5 Å². The lowest BCUT2D eigenvalue weighted by Crippen LogP contribution is -2.33. The van der Waals surface area contributed by atoms with Gasteiger partial charge in [-0.25, -0.2) is 13.2 Å². The molecule has 0 saturated heterocycles. The Hall–Kier alpha value is -0.970. The molecule has 0 aromatic carbocycles. The average Bonchev–Trinajstić information content (AvgIpc) is 2.80. The summed E-state index contributed by atoms with van der Waals surface area (Å²) in [6.45, 7) is 1.39. The van der Waals surface area contributed by atoms with Gasteiger partial charge in [-0.05, 0) is 28.9 Å². The Balaban J connectivity index is 3.05. The van der Waals surface area contributed by atoms with Gasteiger partial charge in [0, 0.05) is 7.05 Å². The standard InChI is InChI=1S/C11H14BrNO6S2/c1-4-19-9(14)6-13(2)21(16,17)8-5-7(11(15)18-3)20-10(8)12/h5H,4,6H2,1-3H3. The van der Waals surface area contributed by atoms with E-state index in [0.717, 1.165) is 15.6 Å². The van der Waals surface area contributed by atoms with Crippen LogP contribution in [0.25, 0.3) is 0 Å². The van der Waals surface area contributed by atoms with Crippen molar-refractivity contribution in [2.75, 3.05) is 27.3 Å². The van der Waals surface area contributed by atoms with E-state index >= 15 is 0 Å². The van der Waals surface area contributed by atoms with Gasteiger partial charge in [-0.1, -0.05) is 0 Å². The van der Waals surface area contributed by atoms with Crippen molar-refractivity contribution >= 4 is 49.2 Å². The Labute approximate surface area is 135 Å². The largest absolute Gasteiger partial charge is 0.465 e. The molecule has 0 fully saturated rings. The summed E-state index contributed by atoms with van der Waals surface area (Å²) in [7, 11) is -1.45. The molecule has 10 heteroatoms. The third-order valence-electron chi connectivity index (χ3n) is 2.39. The summed E-state index contributed by atoms with van der Waals surface area (Å²) in [4.78, 5) is 22.8. The van der Waals surface area contributed by atoms with Crippen LogP contribution in [0.3, 0.4) is 0 Å². The third kappa shape index (κ3) is 4.25. The zero-order valence-corrected chi connectivity index (χ0v) is 14.8. The van der Waals surface area contributed by atoms with E-state index < -0.39 is 28.5 Å². The van der Waals surface area contributed by atoms with Gasteiger partial charge in [-0.15, -0.1) is 11.3 Å². The van der Waals surface area contributed by atoms with Crippen molar-refractivity contribution in [3.8, 4) is 0 Å². The van der Waals surface area contributed by atoms with E-state index in [0.29, 0.717) is 0 Å². The maximum Gasteiger partial charge on any atom is 0.348 e. The molecule has 118 valence electrons. The first-order valence-corrected chi connectivity index (χ1v) is 8.78. The molecule has 0 aliphatic heterocycles. The second kappa shape index (κ2) is 7.34. The number of esters is 2. The van der Waals surface area contributed by atoms with Crippen LogP contribution in [0.15, 0.2) is 14.7 Å². The van der Waals surface area contributed by atoms with E-state index in [2.05, 4.69) is 20.7 Å². The number of nitrogens with zero attached hydrogens (tertiary/aromatic N) is 1. The average molecular weight is 400 g/mol. The van der Waals surface area contributed by atoms with E-state index in [9.17, 15) is 18.0 Å². The van der Waals surface area contributed by atoms with E-state index in [1.807, 2.05) is 0 Å². The van der Waals surface area contributed by atoms with Crippen LogP contribution in [-0.2, 0) is 24.3 Å². The van der Waals surface area contributed by atoms with Crippen molar-refractivity contribution in [3.63, 3.8) is 0 Å². The van der Waals surface area contributed by atoms with Crippen molar-refractivity contribution in [2.24, 2.45) is 0 Å². The van der Waals surface area contributed by atoms with Crippen LogP contribution < -0.4 is 0 Å². The second-order valence-corrected chi connectivity index (χ2v) is 8.19. The number of methoxy groups -OCH3 is 1. The highest BCUT2D eigenvalue weighted by Crippen LogP contribution is 2.33. The maximum atomic E-state index is 12.4. The van der Waals surface area contributed by atoms with Gasteiger partial charge >= 0.3 is 11.9 Å². The Morgan fingerprint density at radius 2 is 2.05 bits per heavy atom. The van der Waals surface area contributed by atoms with Gasteiger partial charge in [-0.3, -0.25) is 4.79 Å². The molecule has 0 radical (unpaired) electrons. The lowest BCUT2D eigenvalue weighted by atomic mass is 10.5. The molecule has 0 aliphatic rings. The topological polar surface area (TPSA) is 90.0 Å². The van der Waals surface area contributed by atoms with Crippen LogP contribution in [0.5, 0.6) is 0 Å². The van der Waals surface area contributed by atoms with Gasteiger partial charge in [-0.2, -0.15) is 4.31 Å². The van der Waals surface area contributed by atoms with Crippen LogP contribution in [-0.4, -0.2) is 52.0 Å². The smallest absolute Gasteiger partial charge is 0.348 e. The lowest BCUT2D eigenvalue weighted by Gasteiger charge is -2.15. The molecule has 1 heterocycles. The van der Waals surface area contributed by atoms with Gasteiger partial charge in [0.15, 0.2) is 0 Å². The molecular weight excluding hydrogens is 386 g/mol. The Morgan fingerprint density at radius 1 is 1.43 bits per heavy atom. The molecule has 0 bridgehead atoms. The van der Waals surface area contributed by atoms with Gasteiger partial charge < -0.3 is 9.47 Å². The summed E-state index contributed by atoms with van der Waals surface area (Å²) in [5.41, 5.74) is 0. The molecule has 7 nitrogen and oxygen atoms in total. The SMILES string of the molecule is CCOC(=O)CN(C)S(=O)(=O)c1cc(C(=O)OC)sc1Br. The minimum atomic E-state index is -3.92. The number of carbonyl (C=O) groups excluding carboxylic acids is 2. The number of ether oxygens (including phenoxy) is 2. The van der Waals surface area contributed by atoms with Crippen molar-refractivity contribution in [1.29, 1.82) is 0 Å². The quantitative estimate of drug-likeness (QED) is 0.672. The van der Waals surface area contributed by atoms with Crippen molar-refractivity contribution in [3.05, 3.63) is 14.7 Å². The highest BCUT2D eigenvalue weighted by atomic mass is 79.9. The molecule has 0 atom stereocenters. The number of thiophene rings is 1. The van der Waals surface area contributed by atoms with E-state index in [-0.39, 0.29) is 20.2 Å². The van der Waals surface area contributed by atoms with Crippen molar-refractivity contribution in [1.82, 2.24) is 4.31 Å². The number of halogens is 1. The summed E-state index contributed by atoms with van der Waals surface area (Å²) >= 11 is 4.05. The molecule has 0 spiro atoms. The minimum absolute atomic E-state index is 0.0975. The fourth-order valence-electron chi connectivity index (χ4n) is 1.37. The van der Waals surface area contributed by atoms with E-state index in [1.165, 1.54) is 20.2 Å². The summed E-state index contributed by atoms with van der Waals surface area (Å²) in [6, 6.07) is 1.21. The lowest BCUT2D eigenvalue weighted by molar-refractivity contribution is -0.143. The summed E-state index contributed by atoms with van der Waals surface area (Å²) in [5.74, 6) is -1.28. The molecule has 1 aromatic rings. The number of carbonyl (C=O) groups is 2. The number of hydrogen-bond acceptors (Lipinski definition) is 7. The van der Waals surface area contributed by atoms with Crippen LogP contribution in [0.1, 0.15) is 16.6 Å². The fraction of sp³-hybridized carbons (Fsp3) is 0.455. The highest BCUT2D eigenvalue weighted by Gasteiger charge is 2.29. The number of sulfonamides is 1. The zero-order chi connectivity index (χ0) is 16.2. The van der Waals surface area contributed by atoms with Crippen LogP contribution in [0.4, 0.5) is 0 Å². The molecule has 0 N–H and O–H groups in total. The monoisotopic (exact) mass is 399 g/mol. The van der Waals surface area contributed by atoms with Gasteiger partial charge in [0.1, 0.15) is 16.3 Å². The summed E-state index contributed by atoms with van der Waals surface area (Å²) < 4.78 is 35.1. The third-order valence-corrected chi connectivity index (χ3v) is 6.42. The summed E-state index contributed by atoms with van der Waals surface area (Å²) in [6.07, 6.45) is 0. The number of rotatable bonds is 6. The van der Waals surface area contributed by atoms with Crippen molar-refractivity contribution < 1.29 is 27.5 Å². The normalized spacial score (nSPS) is 11.5. The molecule has 0 saturated carbocycles. The molecule has 0 amide bonds. The number of hydrogen-bond donors (Lipinski definition) is 0. The van der Waals surface area contributed by atoms with Crippen LogP contribution in [0, 0.1) is 0 Å². The van der Waals surface area contributed by atoms with Crippen LogP contribution in [0.2, 0.25) is 0 Å². The van der Waals surface area contributed by atoms with Crippen molar-refractivity contribution in [2.45, 2.75) is 11.8 Å². The maximum absolute atomic E-state index is 12.4. The molecule has 1 aromatic heterocycles. The molecule has 0 aliphatic carbocycles. The van der Waals surface area contributed by atoms with Gasteiger partial charge in [0.2, 0.25) is 10.0 Å². The summed E-state index contributed by atoms with van der Waals surface area (Å²) in [5, 5.41) is 0. The zero-order valence-electron chi connectivity index (χ0n) is 11.6. The minimum Gasteiger partial charge on any atom is -0.465 e. The van der Waals surface area contributed by atoms with Crippen LogP contribution >= 0.6 is 27.3 Å². The fourth-order valence-corrected chi connectivity index (χ4v) is 4.91. The predicted octanol–water partition coefficient (Wildman–Crippen LogP) is 1.48. The van der Waals surface area contributed by atoms with E-state index in [4.69, 9.17) is 4.74 Å². The molecule has 0 unspecified atom stereocenters.